The lowest BCUT2D eigenvalue weighted by atomic mass is 9.96. The van der Waals surface area contributed by atoms with Crippen molar-refractivity contribution in [3.05, 3.63) is 156 Å². The molecule has 1 atom stereocenters. The van der Waals surface area contributed by atoms with Crippen LogP contribution >= 0.6 is 11.3 Å². The molecular weight excluding hydrogens is 559 g/mol. The van der Waals surface area contributed by atoms with Gasteiger partial charge in [-0.25, -0.2) is 9.98 Å². The number of benzene rings is 6. The summed E-state index contributed by atoms with van der Waals surface area (Å²) < 4.78 is 9.03. The minimum Gasteiger partial charge on any atom is -0.456 e. The molecule has 0 bridgehead atoms. The van der Waals surface area contributed by atoms with Gasteiger partial charge >= 0.3 is 0 Å². The molecule has 208 valence electrons. The highest BCUT2D eigenvalue weighted by Crippen LogP contribution is 2.42. The fraction of sp³-hybridized carbons (Fsp3) is 0.0256. The van der Waals surface area contributed by atoms with Crippen LogP contribution in [0.5, 0.6) is 0 Å². The Morgan fingerprint density at radius 1 is 0.568 bits per heavy atom. The molecule has 0 saturated heterocycles. The Hall–Kier alpha value is -5.52. The maximum Gasteiger partial charge on any atom is 0.159 e. The number of hydrogen-bond acceptors (Lipinski definition) is 5. The predicted octanol–water partition coefficient (Wildman–Crippen LogP) is 10.1. The number of thiophene rings is 1. The highest BCUT2D eigenvalue weighted by atomic mass is 32.1. The SMILES string of the molecule is c1ccc(C2=NC(c3cccc4oc5ccc(-c6cccc7sc8ccccc8c67)cc5c34)NC(c3ccccc3)=N2)cc1. The predicted molar refractivity (Wildman–Crippen MR) is 184 cm³/mol. The highest BCUT2D eigenvalue weighted by Gasteiger charge is 2.24. The molecule has 3 heterocycles. The van der Waals surface area contributed by atoms with Gasteiger partial charge in [0.1, 0.15) is 23.2 Å². The average Bonchev–Trinajstić information content (AvgIpc) is 3.67. The number of nitrogens with one attached hydrogen (secondary N) is 1. The van der Waals surface area contributed by atoms with Crippen molar-refractivity contribution in [1.82, 2.24) is 5.32 Å². The second-order valence-electron chi connectivity index (χ2n) is 11.0. The van der Waals surface area contributed by atoms with Crippen LogP contribution in [0.15, 0.2) is 154 Å². The quantitative estimate of drug-likeness (QED) is 0.224. The molecule has 9 rings (SSSR count). The Kier molecular flexibility index (Phi) is 5.71. The normalized spacial score (nSPS) is 15.0. The summed E-state index contributed by atoms with van der Waals surface area (Å²) in [5, 5.41) is 8.38. The van der Waals surface area contributed by atoms with Crippen LogP contribution in [-0.4, -0.2) is 11.7 Å². The van der Waals surface area contributed by atoms with E-state index in [1.54, 1.807) is 0 Å². The van der Waals surface area contributed by atoms with Gasteiger partial charge in [0.15, 0.2) is 5.84 Å². The summed E-state index contributed by atoms with van der Waals surface area (Å²) in [6.07, 6.45) is -0.352. The maximum atomic E-state index is 6.44. The Morgan fingerprint density at radius 3 is 2.18 bits per heavy atom. The minimum atomic E-state index is -0.352. The van der Waals surface area contributed by atoms with E-state index >= 15 is 0 Å². The third kappa shape index (κ3) is 4.05. The van der Waals surface area contributed by atoms with E-state index in [0.29, 0.717) is 5.84 Å². The van der Waals surface area contributed by atoms with Gasteiger partial charge in [-0.15, -0.1) is 11.3 Å². The first kappa shape index (κ1) is 25.0. The van der Waals surface area contributed by atoms with Crippen LogP contribution in [0.2, 0.25) is 0 Å². The van der Waals surface area contributed by atoms with E-state index in [1.165, 1.54) is 31.3 Å². The molecule has 0 spiro atoms. The van der Waals surface area contributed by atoms with Gasteiger partial charge in [-0.05, 0) is 41.5 Å². The second kappa shape index (κ2) is 10.0. The molecule has 5 heteroatoms. The summed E-state index contributed by atoms with van der Waals surface area (Å²) in [4.78, 5) is 10.1. The molecule has 8 aromatic rings. The Labute approximate surface area is 257 Å². The van der Waals surface area contributed by atoms with Gasteiger partial charge in [-0.2, -0.15) is 0 Å². The fourth-order valence-corrected chi connectivity index (χ4v) is 7.47. The minimum absolute atomic E-state index is 0.352. The molecule has 1 N–H and O–H groups in total. The zero-order valence-corrected chi connectivity index (χ0v) is 24.4. The third-order valence-corrected chi connectivity index (χ3v) is 9.49. The standard InChI is InChI=1S/C39H25N3OS/c1-3-11-24(12-4-1)37-40-38(25-13-5-2-6-14-25)42-39(41-37)29-17-9-18-32-35(29)30-23-26(21-22-31(30)43-32)27-16-10-20-34-36(27)28-15-7-8-19-33(28)44-34/h1-23,39H,(H,40,41,42). The maximum absolute atomic E-state index is 6.44. The van der Waals surface area contributed by atoms with Crippen LogP contribution < -0.4 is 5.32 Å². The van der Waals surface area contributed by atoms with Crippen LogP contribution in [0.25, 0.3) is 53.2 Å². The molecule has 2 aromatic heterocycles. The fourth-order valence-electron chi connectivity index (χ4n) is 6.33. The van der Waals surface area contributed by atoms with Gasteiger partial charge in [0.25, 0.3) is 0 Å². The molecular formula is C39H25N3OS. The Morgan fingerprint density at radius 2 is 1.32 bits per heavy atom. The number of furan rings is 1. The van der Waals surface area contributed by atoms with Crippen LogP contribution in [-0.2, 0) is 0 Å². The van der Waals surface area contributed by atoms with E-state index in [9.17, 15) is 0 Å². The van der Waals surface area contributed by atoms with E-state index in [2.05, 4.69) is 96.3 Å². The Bertz CT molecular complexity index is 2420. The van der Waals surface area contributed by atoms with Crippen molar-refractivity contribution in [2.45, 2.75) is 6.17 Å². The molecule has 1 unspecified atom stereocenters. The molecule has 0 amide bonds. The molecule has 0 aliphatic carbocycles. The summed E-state index contributed by atoms with van der Waals surface area (Å²) in [6.45, 7) is 0. The number of fused-ring (bicyclic) bond motifs is 6. The van der Waals surface area contributed by atoms with Crippen LogP contribution in [0.4, 0.5) is 0 Å². The number of aliphatic imine (C=N–C) groups is 2. The van der Waals surface area contributed by atoms with E-state index < -0.39 is 0 Å². The summed E-state index contributed by atoms with van der Waals surface area (Å²) in [5.41, 5.74) is 7.15. The van der Waals surface area contributed by atoms with Crippen molar-refractivity contribution in [3.63, 3.8) is 0 Å². The van der Waals surface area contributed by atoms with Gasteiger partial charge < -0.3 is 9.73 Å². The van der Waals surface area contributed by atoms with Crippen molar-refractivity contribution in [3.8, 4) is 11.1 Å². The summed E-state index contributed by atoms with van der Waals surface area (Å²) in [6, 6.07) is 48.5. The smallest absolute Gasteiger partial charge is 0.159 e. The second-order valence-corrected chi connectivity index (χ2v) is 12.1. The van der Waals surface area contributed by atoms with E-state index in [4.69, 9.17) is 14.4 Å². The topological polar surface area (TPSA) is 49.9 Å². The zero-order valence-electron chi connectivity index (χ0n) is 23.6. The first-order chi connectivity index (χ1) is 21.8. The lowest BCUT2D eigenvalue weighted by Crippen LogP contribution is -2.33. The lowest BCUT2D eigenvalue weighted by molar-refractivity contribution is 0.662. The van der Waals surface area contributed by atoms with E-state index in [0.717, 1.165) is 44.5 Å². The van der Waals surface area contributed by atoms with Gasteiger partial charge in [-0.1, -0.05) is 109 Å². The van der Waals surface area contributed by atoms with Crippen molar-refractivity contribution >= 4 is 65.1 Å². The van der Waals surface area contributed by atoms with Crippen molar-refractivity contribution < 1.29 is 4.42 Å². The lowest BCUT2D eigenvalue weighted by Gasteiger charge is -2.24. The first-order valence-electron chi connectivity index (χ1n) is 14.7. The third-order valence-electron chi connectivity index (χ3n) is 8.36. The van der Waals surface area contributed by atoms with Crippen LogP contribution in [0, 0.1) is 0 Å². The highest BCUT2D eigenvalue weighted by molar-refractivity contribution is 7.25. The molecule has 0 fully saturated rings. The zero-order chi connectivity index (χ0) is 29.0. The van der Waals surface area contributed by atoms with Crippen molar-refractivity contribution in [1.29, 1.82) is 0 Å². The summed E-state index contributed by atoms with van der Waals surface area (Å²) >= 11 is 1.84. The molecule has 1 aliphatic rings. The number of hydrogen-bond donors (Lipinski definition) is 1. The molecule has 4 nitrogen and oxygen atoms in total. The van der Waals surface area contributed by atoms with E-state index in [-0.39, 0.29) is 6.17 Å². The largest absolute Gasteiger partial charge is 0.456 e. The molecule has 1 aliphatic heterocycles. The molecule has 0 radical (unpaired) electrons. The van der Waals surface area contributed by atoms with Crippen molar-refractivity contribution in [2.24, 2.45) is 9.98 Å². The van der Waals surface area contributed by atoms with Gasteiger partial charge in [0.2, 0.25) is 0 Å². The molecule has 6 aromatic carbocycles. The number of nitrogens with zero attached hydrogens (tertiary/aromatic N) is 2. The molecule has 0 saturated carbocycles. The van der Waals surface area contributed by atoms with Crippen molar-refractivity contribution in [2.75, 3.05) is 0 Å². The van der Waals surface area contributed by atoms with Gasteiger partial charge in [0, 0.05) is 47.6 Å². The Balaban J connectivity index is 1.24. The average molecular weight is 584 g/mol. The monoisotopic (exact) mass is 583 g/mol. The number of rotatable bonds is 4. The summed E-state index contributed by atoms with van der Waals surface area (Å²) in [7, 11) is 0. The van der Waals surface area contributed by atoms with Gasteiger partial charge in [0.05, 0.1) is 0 Å². The number of amidine groups is 2. The van der Waals surface area contributed by atoms with E-state index in [1.807, 2.05) is 59.9 Å². The van der Waals surface area contributed by atoms with Crippen LogP contribution in [0.1, 0.15) is 22.9 Å². The summed E-state index contributed by atoms with van der Waals surface area (Å²) in [5.74, 6) is 1.50. The first-order valence-corrected chi connectivity index (χ1v) is 15.5. The molecule has 44 heavy (non-hydrogen) atoms. The van der Waals surface area contributed by atoms with Crippen LogP contribution in [0.3, 0.4) is 0 Å². The van der Waals surface area contributed by atoms with Gasteiger partial charge in [-0.3, -0.25) is 0 Å².